The molecule has 3 N–H and O–H groups in total. The number of hydrogen-bond acceptors (Lipinski definition) is 4. The maximum Gasteiger partial charge on any atom is 0.312 e. The second-order valence-corrected chi connectivity index (χ2v) is 7.09. The van der Waals surface area contributed by atoms with Gasteiger partial charge in [0, 0.05) is 18.6 Å². The quantitative estimate of drug-likeness (QED) is 0.644. The fraction of sp³-hybridized carbons (Fsp3) is 0.286. The zero-order chi connectivity index (χ0) is 21.4. The molecule has 0 unspecified atom stereocenters. The molecule has 0 bridgehead atoms. The summed E-state index contributed by atoms with van der Waals surface area (Å²) >= 11 is 5.86. The number of esters is 1. The number of carbonyl (C=O) groups excluding carboxylic acids is 3. The van der Waals surface area contributed by atoms with Crippen LogP contribution in [0, 0.1) is 6.92 Å². The second kappa shape index (κ2) is 10.5. The number of likely N-dealkylation sites (N-methyl/N-ethyl adjacent to an activating group) is 1. The number of urea groups is 1. The monoisotopic (exact) mass is 417 g/mol. The van der Waals surface area contributed by atoms with Crippen molar-refractivity contribution in [3.8, 4) is 0 Å². The molecule has 7 nitrogen and oxygen atoms in total. The molecular weight excluding hydrogens is 394 g/mol. The summed E-state index contributed by atoms with van der Waals surface area (Å²) in [6, 6.07) is 12.9. The summed E-state index contributed by atoms with van der Waals surface area (Å²) in [4.78, 5) is 37.2. The number of ether oxygens (including phenoxy) is 1. The zero-order valence-electron chi connectivity index (χ0n) is 16.4. The standard InChI is InChI=1S/C21H24ClN3O4/c1-14-5-3-4-6-16(14)12-25(2)19(26)13-29-20(27)11-18(24-21(23)28)15-7-9-17(22)10-8-15/h3-10,18H,11-13H2,1-2H3,(H3,23,24,28)/t18-/m1/s1. The van der Waals surface area contributed by atoms with Crippen molar-refractivity contribution in [3.05, 3.63) is 70.2 Å². The molecule has 0 aliphatic heterocycles. The van der Waals surface area contributed by atoms with Gasteiger partial charge in [-0.15, -0.1) is 0 Å². The van der Waals surface area contributed by atoms with Crippen molar-refractivity contribution in [1.29, 1.82) is 0 Å². The van der Waals surface area contributed by atoms with E-state index in [0.29, 0.717) is 17.1 Å². The number of carbonyl (C=O) groups is 3. The Morgan fingerprint density at radius 3 is 2.41 bits per heavy atom. The normalized spacial score (nSPS) is 11.4. The third-order valence-corrected chi connectivity index (χ3v) is 4.66. The van der Waals surface area contributed by atoms with Crippen LogP contribution in [-0.2, 0) is 20.9 Å². The molecule has 0 aliphatic carbocycles. The number of hydrogen-bond donors (Lipinski definition) is 2. The van der Waals surface area contributed by atoms with Gasteiger partial charge in [0.1, 0.15) is 0 Å². The van der Waals surface area contributed by atoms with Gasteiger partial charge >= 0.3 is 12.0 Å². The zero-order valence-corrected chi connectivity index (χ0v) is 17.1. The average Bonchev–Trinajstić information content (AvgIpc) is 2.67. The van der Waals surface area contributed by atoms with Crippen LogP contribution in [0.3, 0.4) is 0 Å². The largest absolute Gasteiger partial charge is 0.455 e. The van der Waals surface area contributed by atoms with Crippen LogP contribution < -0.4 is 11.1 Å². The summed E-state index contributed by atoms with van der Waals surface area (Å²) in [5.74, 6) is -0.955. The van der Waals surface area contributed by atoms with E-state index in [2.05, 4.69) is 5.32 Å². The summed E-state index contributed by atoms with van der Waals surface area (Å²) in [5, 5.41) is 3.02. The molecule has 0 saturated heterocycles. The molecule has 8 heteroatoms. The van der Waals surface area contributed by atoms with Gasteiger partial charge in [-0.25, -0.2) is 4.79 Å². The van der Waals surface area contributed by atoms with Crippen LogP contribution in [0.4, 0.5) is 4.79 Å². The number of benzene rings is 2. The van der Waals surface area contributed by atoms with Gasteiger partial charge in [0.15, 0.2) is 6.61 Å². The maximum atomic E-state index is 12.3. The lowest BCUT2D eigenvalue weighted by Crippen LogP contribution is -2.35. The van der Waals surface area contributed by atoms with E-state index in [1.165, 1.54) is 4.90 Å². The Bertz CT molecular complexity index is 870. The van der Waals surface area contributed by atoms with Gasteiger partial charge in [-0.2, -0.15) is 0 Å². The highest BCUT2D eigenvalue weighted by Gasteiger charge is 2.20. The van der Waals surface area contributed by atoms with Crippen molar-refractivity contribution in [3.63, 3.8) is 0 Å². The number of aryl methyl sites for hydroxylation is 1. The van der Waals surface area contributed by atoms with E-state index in [1.54, 1.807) is 31.3 Å². The second-order valence-electron chi connectivity index (χ2n) is 6.65. The topological polar surface area (TPSA) is 102 Å². The first-order valence-electron chi connectivity index (χ1n) is 9.01. The molecule has 2 rings (SSSR count). The molecule has 0 aromatic heterocycles. The number of rotatable bonds is 8. The van der Waals surface area contributed by atoms with Crippen LogP contribution >= 0.6 is 11.6 Å². The Morgan fingerprint density at radius 2 is 1.79 bits per heavy atom. The minimum Gasteiger partial charge on any atom is -0.455 e. The van der Waals surface area contributed by atoms with Gasteiger partial charge in [-0.05, 0) is 35.7 Å². The molecule has 29 heavy (non-hydrogen) atoms. The summed E-state index contributed by atoms with van der Waals surface area (Å²) in [7, 11) is 1.65. The summed E-state index contributed by atoms with van der Waals surface area (Å²) in [6.45, 7) is 2.00. The number of nitrogens with two attached hydrogens (primary N) is 1. The van der Waals surface area contributed by atoms with Gasteiger partial charge in [0.25, 0.3) is 5.91 Å². The highest BCUT2D eigenvalue weighted by molar-refractivity contribution is 6.30. The van der Waals surface area contributed by atoms with Crippen molar-refractivity contribution in [2.75, 3.05) is 13.7 Å². The van der Waals surface area contributed by atoms with E-state index in [-0.39, 0.29) is 18.9 Å². The Kier molecular flexibility index (Phi) is 8.03. The van der Waals surface area contributed by atoms with Crippen molar-refractivity contribution in [2.24, 2.45) is 5.73 Å². The predicted octanol–water partition coefficient (Wildman–Crippen LogP) is 2.95. The molecule has 0 spiro atoms. The number of nitrogens with one attached hydrogen (secondary N) is 1. The Balaban J connectivity index is 1.90. The van der Waals surface area contributed by atoms with Gasteiger partial charge in [-0.3, -0.25) is 9.59 Å². The third-order valence-electron chi connectivity index (χ3n) is 4.41. The highest BCUT2D eigenvalue weighted by atomic mass is 35.5. The fourth-order valence-electron chi connectivity index (χ4n) is 2.73. The van der Waals surface area contributed by atoms with Crippen LogP contribution in [-0.4, -0.2) is 36.5 Å². The predicted molar refractivity (Wildman–Crippen MR) is 110 cm³/mol. The first-order valence-corrected chi connectivity index (χ1v) is 9.39. The van der Waals surface area contributed by atoms with Crippen LogP contribution in [0.1, 0.15) is 29.2 Å². The molecule has 2 aromatic carbocycles. The lowest BCUT2D eigenvalue weighted by atomic mass is 10.0. The number of primary amides is 1. The summed E-state index contributed by atoms with van der Waals surface area (Å²) in [6.07, 6.45) is -0.167. The van der Waals surface area contributed by atoms with Crippen molar-refractivity contribution < 1.29 is 19.1 Å². The summed E-state index contributed by atoms with van der Waals surface area (Å²) in [5.41, 5.74) is 7.93. The lowest BCUT2D eigenvalue weighted by molar-refractivity contribution is -0.152. The van der Waals surface area contributed by atoms with Crippen LogP contribution in [0.25, 0.3) is 0 Å². The van der Waals surface area contributed by atoms with E-state index in [1.807, 2.05) is 31.2 Å². The average molecular weight is 418 g/mol. The van der Waals surface area contributed by atoms with Crippen molar-refractivity contribution >= 4 is 29.5 Å². The highest BCUT2D eigenvalue weighted by Crippen LogP contribution is 2.20. The van der Waals surface area contributed by atoms with Gasteiger partial charge < -0.3 is 20.7 Å². The molecule has 0 saturated carbocycles. The molecule has 0 heterocycles. The SMILES string of the molecule is Cc1ccccc1CN(C)C(=O)COC(=O)C[C@@H](NC(N)=O)c1ccc(Cl)cc1. The van der Waals surface area contributed by atoms with Crippen molar-refractivity contribution in [2.45, 2.75) is 25.9 Å². The minimum atomic E-state index is -0.771. The number of nitrogens with zero attached hydrogens (tertiary/aromatic N) is 1. The maximum absolute atomic E-state index is 12.3. The van der Waals surface area contributed by atoms with E-state index >= 15 is 0 Å². The first-order chi connectivity index (χ1) is 13.8. The molecular formula is C21H24ClN3O4. The molecule has 2 aromatic rings. The van der Waals surface area contributed by atoms with Gasteiger partial charge in [-0.1, -0.05) is 48.0 Å². The molecule has 3 amide bonds. The van der Waals surface area contributed by atoms with Crippen LogP contribution in [0.2, 0.25) is 5.02 Å². The summed E-state index contributed by atoms with van der Waals surface area (Å²) < 4.78 is 5.10. The Morgan fingerprint density at radius 1 is 1.14 bits per heavy atom. The van der Waals surface area contributed by atoms with Crippen LogP contribution in [0.15, 0.2) is 48.5 Å². The van der Waals surface area contributed by atoms with Gasteiger partial charge in [0.2, 0.25) is 0 Å². The van der Waals surface area contributed by atoms with Gasteiger partial charge in [0.05, 0.1) is 12.5 Å². The molecule has 1 atom stereocenters. The lowest BCUT2D eigenvalue weighted by Gasteiger charge is -2.20. The number of halogens is 1. The van der Waals surface area contributed by atoms with E-state index in [4.69, 9.17) is 22.1 Å². The molecule has 0 fully saturated rings. The van der Waals surface area contributed by atoms with E-state index < -0.39 is 18.0 Å². The number of amides is 3. The molecule has 0 aliphatic rings. The van der Waals surface area contributed by atoms with Crippen molar-refractivity contribution in [1.82, 2.24) is 10.2 Å². The first kappa shape index (κ1) is 22.2. The Hall–Kier alpha value is -3.06. The molecule has 0 radical (unpaired) electrons. The van der Waals surface area contributed by atoms with E-state index in [0.717, 1.165) is 11.1 Å². The Labute approximate surface area is 174 Å². The third kappa shape index (κ3) is 7.12. The fourth-order valence-corrected chi connectivity index (χ4v) is 2.85. The molecule has 154 valence electrons. The smallest absolute Gasteiger partial charge is 0.312 e. The van der Waals surface area contributed by atoms with E-state index in [9.17, 15) is 14.4 Å². The van der Waals surface area contributed by atoms with Crippen LogP contribution in [0.5, 0.6) is 0 Å². The minimum absolute atomic E-state index is 0.167.